The zero-order chi connectivity index (χ0) is 23.2. The van der Waals surface area contributed by atoms with Crippen LogP contribution in [0.4, 0.5) is 17.1 Å². The van der Waals surface area contributed by atoms with Crippen LogP contribution >= 0.6 is 0 Å². The molecular weight excluding hydrogens is 422 g/mol. The highest BCUT2D eigenvalue weighted by atomic mass is 15.1. The van der Waals surface area contributed by atoms with Crippen molar-refractivity contribution in [3.05, 3.63) is 140 Å². The second-order valence-electron chi connectivity index (χ2n) is 9.00. The molecule has 0 aromatic heterocycles. The Morgan fingerprint density at radius 3 is 1.54 bits per heavy atom. The van der Waals surface area contributed by atoms with Gasteiger partial charge in [-0.3, -0.25) is 0 Å². The molecule has 35 heavy (non-hydrogen) atoms. The maximum atomic E-state index is 2.40. The van der Waals surface area contributed by atoms with Crippen molar-refractivity contribution in [2.75, 3.05) is 4.90 Å². The van der Waals surface area contributed by atoms with Crippen LogP contribution in [-0.2, 0) is 0 Å². The standard InChI is InChI=1S/C34H23N/c1-3-13-26(14-4-1)35(27-15-5-2-6-16-27)34-29-18-10-8-12-25(29)23-33-31-20-19-24-11-7-9-17-28(24)30(31)21-22-32(33)34/h1-23H. The number of para-hydroxylation sites is 2. The number of hydrogen-bond acceptors (Lipinski definition) is 1. The first-order valence-electron chi connectivity index (χ1n) is 12.0. The summed E-state index contributed by atoms with van der Waals surface area (Å²) in [7, 11) is 0. The highest BCUT2D eigenvalue weighted by molar-refractivity contribution is 6.24. The molecule has 0 saturated heterocycles. The number of fused-ring (bicyclic) bond motifs is 6. The molecule has 0 amide bonds. The highest BCUT2D eigenvalue weighted by Crippen LogP contribution is 2.45. The van der Waals surface area contributed by atoms with Crippen molar-refractivity contribution in [1.29, 1.82) is 0 Å². The van der Waals surface area contributed by atoms with Crippen LogP contribution in [0.3, 0.4) is 0 Å². The maximum Gasteiger partial charge on any atom is 0.0618 e. The second-order valence-corrected chi connectivity index (χ2v) is 9.00. The van der Waals surface area contributed by atoms with E-state index in [1.165, 1.54) is 48.8 Å². The molecule has 0 spiro atoms. The molecule has 0 aliphatic carbocycles. The fourth-order valence-corrected chi connectivity index (χ4v) is 5.41. The van der Waals surface area contributed by atoms with E-state index in [9.17, 15) is 0 Å². The molecule has 0 fully saturated rings. The third-order valence-corrected chi connectivity index (χ3v) is 6.99. The van der Waals surface area contributed by atoms with Crippen molar-refractivity contribution < 1.29 is 0 Å². The molecule has 7 aromatic rings. The summed E-state index contributed by atoms with van der Waals surface area (Å²) in [4.78, 5) is 2.40. The van der Waals surface area contributed by atoms with Gasteiger partial charge >= 0.3 is 0 Å². The Labute approximate surface area is 204 Å². The van der Waals surface area contributed by atoms with Gasteiger partial charge in [-0.15, -0.1) is 0 Å². The lowest BCUT2D eigenvalue weighted by molar-refractivity contribution is 1.31. The van der Waals surface area contributed by atoms with Crippen LogP contribution in [0.25, 0.3) is 43.1 Å². The minimum Gasteiger partial charge on any atom is -0.309 e. The number of rotatable bonds is 3. The molecule has 0 radical (unpaired) electrons. The summed E-state index contributed by atoms with van der Waals surface area (Å²) in [5.41, 5.74) is 3.51. The van der Waals surface area contributed by atoms with Gasteiger partial charge in [0.15, 0.2) is 0 Å². The first-order chi connectivity index (χ1) is 17.4. The Balaban J connectivity index is 1.66. The van der Waals surface area contributed by atoms with E-state index < -0.39 is 0 Å². The molecular formula is C34H23N. The average molecular weight is 446 g/mol. The fraction of sp³-hybridized carbons (Fsp3) is 0. The minimum atomic E-state index is 1.15. The summed E-state index contributed by atoms with van der Waals surface area (Å²) in [6, 6.07) is 50.3. The molecule has 1 nitrogen and oxygen atoms in total. The molecule has 0 N–H and O–H groups in total. The van der Waals surface area contributed by atoms with Crippen molar-refractivity contribution in [2.45, 2.75) is 0 Å². The van der Waals surface area contributed by atoms with E-state index in [0.29, 0.717) is 0 Å². The van der Waals surface area contributed by atoms with Crippen molar-refractivity contribution in [1.82, 2.24) is 0 Å². The average Bonchev–Trinajstić information content (AvgIpc) is 2.94. The van der Waals surface area contributed by atoms with Gasteiger partial charge in [0.05, 0.1) is 5.69 Å². The van der Waals surface area contributed by atoms with E-state index in [2.05, 4.69) is 144 Å². The zero-order valence-corrected chi connectivity index (χ0v) is 19.2. The van der Waals surface area contributed by atoms with Gasteiger partial charge in [-0.05, 0) is 62.6 Å². The largest absolute Gasteiger partial charge is 0.309 e. The zero-order valence-electron chi connectivity index (χ0n) is 19.2. The highest BCUT2D eigenvalue weighted by Gasteiger charge is 2.19. The van der Waals surface area contributed by atoms with E-state index >= 15 is 0 Å². The third kappa shape index (κ3) is 3.17. The van der Waals surface area contributed by atoms with Gasteiger partial charge in [0, 0.05) is 22.1 Å². The molecule has 0 atom stereocenters. The van der Waals surface area contributed by atoms with Crippen molar-refractivity contribution in [2.24, 2.45) is 0 Å². The summed E-state index contributed by atoms with van der Waals surface area (Å²) in [5.74, 6) is 0. The summed E-state index contributed by atoms with van der Waals surface area (Å²) in [6.45, 7) is 0. The summed E-state index contributed by atoms with van der Waals surface area (Å²) < 4.78 is 0. The van der Waals surface area contributed by atoms with Crippen LogP contribution in [0.15, 0.2) is 140 Å². The number of nitrogens with zero attached hydrogens (tertiary/aromatic N) is 1. The van der Waals surface area contributed by atoms with Crippen LogP contribution in [0, 0.1) is 0 Å². The monoisotopic (exact) mass is 445 g/mol. The molecule has 0 saturated carbocycles. The van der Waals surface area contributed by atoms with Crippen molar-refractivity contribution >= 4 is 60.2 Å². The quantitative estimate of drug-likeness (QED) is 0.193. The Morgan fingerprint density at radius 2 is 0.829 bits per heavy atom. The third-order valence-electron chi connectivity index (χ3n) is 6.99. The van der Waals surface area contributed by atoms with Crippen molar-refractivity contribution in [3.63, 3.8) is 0 Å². The summed E-state index contributed by atoms with van der Waals surface area (Å²) in [5, 5.41) is 10.2. The molecule has 0 aliphatic rings. The maximum absolute atomic E-state index is 2.40. The van der Waals surface area contributed by atoms with Gasteiger partial charge in [0.25, 0.3) is 0 Å². The van der Waals surface area contributed by atoms with Gasteiger partial charge in [0.2, 0.25) is 0 Å². The molecule has 164 valence electrons. The molecule has 7 aromatic carbocycles. The topological polar surface area (TPSA) is 3.24 Å². The SMILES string of the molecule is c1ccc(N(c2ccccc2)c2c3ccccc3cc3c2ccc2c4ccccc4ccc32)cc1. The summed E-state index contributed by atoms with van der Waals surface area (Å²) in [6.07, 6.45) is 0. The Hall–Kier alpha value is -4.62. The predicted molar refractivity (Wildman–Crippen MR) is 151 cm³/mol. The van der Waals surface area contributed by atoms with Gasteiger partial charge < -0.3 is 4.90 Å². The lowest BCUT2D eigenvalue weighted by atomic mass is 9.93. The second kappa shape index (κ2) is 8.00. The van der Waals surface area contributed by atoms with E-state index in [-0.39, 0.29) is 0 Å². The van der Waals surface area contributed by atoms with Crippen LogP contribution in [0.1, 0.15) is 0 Å². The minimum absolute atomic E-state index is 1.15. The van der Waals surface area contributed by atoms with Crippen LogP contribution in [-0.4, -0.2) is 0 Å². The first-order valence-corrected chi connectivity index (χ1v) is 12.0. The van der Waals surface area contributed by atoms with E-state index in [4.69, 9.17) is 0 Å². The van der Waals surface area contributed by atoms with Crippen molar-refractivity contribution in [3.8, 4) is 0 Å². The molecule has 7 rings (SSSR count). The summed E-state index contributed by atoms with van der Waals surface area (Å²) >= 11 is 0. The smallest absolute Gasteiger partial charge is 0.0618 e. The lowest BCUT2D eigenvalue weighted by Gasteiger charge is -2.28. The first kappa shape index (κ1) is 19.8. The van der Waals surface area contributed by atoms with E-state index in [0.717, 1.165) is 11.4 Å². The molecule has 0 unspecified atom stereocenters. The Morgan fingerprint density at radius 1 is 0.314 bits per heavy atom. The normalized spacial score (nSPS) is 11.4. The number of benzene rings is 7. The van der Waals surface area contributed by atoms with Crippen LogP contribution in [0.5, 0.6) is 0 Å². The van der Waals surface area contributed by atoms with Crippen LogP contribution in [0.2, 0.25) is 0 Å². The molecule has 1 heteroatoms. The Kier molecular flexibility index (Phi) is 4.53. The van der Waals surface area contributed by atoms with E-state index in [1.807, 2.05) is 0 Å². The van der Waals surface area contributed by atoms with Gasteiger partial charge in [-0.1, -0.05) is 109 Å². The number of anilines is 3. The number of hydrogen-bond donors (Lipinski definition) is 0. The molecule has 0 heterocycles. The lowest BCUT2D eigenvalue weighted by Crippen LogP contribution is -2.11. The van der Waals surface area contributed by atoms with Gasteiger partial charge in [-0.25, -0.2) is 0 Å². The molecule has 0 aliphatic heterocycles. The van der Waals surface area contributed by atoms with Crippen LogP contribution < -0.4 is 4.90 Å². The van der Waals surface area contributed by atoms with E-state index in [1.54, 1.807) is 0 Å². The fourth-order valence-electron chi connectivity index (χ4n) is 5.41. The predicted octanol–water partition coefficient (Wildman–Crippen LogP) is 9.77. The van der Waals surface area contributed by atoms with Gasteiger partial charge in [0.1, 0.15) is 0 Å². The van der Waals surface area contributed by atoms with Gasteiger partial charge in [-0.2, -0.15) is 0 Å². The Bertz CT molecular complexity index is 1800. The molecule has 0 bridgehead atoms.